The number of rotatable bonds is 4. The predicted molar refractivity (Wildman–Crippen MR) is 93.9 cm³/mol. The number of likely N-dealkylation sites (tertiary alicyclic amines) is 1. The van der Waals surface area contributed by atoms with E-state index in [4.69, 9.17) is 9.84 Å². The Hall–Kier alpha value is -2.83. The fourth-order valence-corrected chi connectivity index (χ4v) is 3.92. The van der Waals surface area contributed by atoms with Crippen molar-refractivity contribution in [3.05, 3.63) is 36.0 Å². The molecule has 136 valence electrons. The molecule has 0 bridgehead atoms. The topological polar surface area (TPSA) is 95.5 Å². The molecule has 2 heterocycles. The number of piperidine rings is 1. The first kappa shape index (κ1) is 16.6. The van der Waals surface area contributed by atoms with Crippen LogP contribution in [-0.4, -0.2) is 52.3 Å². The molecule has 1 atom stereocenters. The molecule has 2 aliphatic rings. The molecule has 7 nitrogen and oxygen atoms in total. The molecular formula is C19H21N3O4. The van der Waals surface area contributed by atoms with Crippen LogP contribution in [0.15, 0.2) is 30.3 Å². The van der Waals surface area contributed by atoms with Crippen molar-refractivity contribution in [2.45, 2.75) is 19.3 Å². The number of H-pyrrole nitrogens is 1. The van der Waals surface area contributed by atoms with Crippen molar-refractivity contribution in [1.29, 1.82) is 0 Å². The summed E-state index contributed by atoms with van der Waals surface area (Å²) in [7, 11) is 1.61. The quantitative estimate of drug-likeness (QED) is 0.878. The Morgan fingerprint density at radius 1 is 1.27 bits per heavy atom. The number of aromatic nitrogens is 2. The summed E-state index contributed by atoms with van der Waals surface area (Å²) in [6, 6.07) is 9.25. The summed E-state index contributed by atoms with van der Waals surface area (Å²) in [5.74, 6) is -0.252. The number of carboxylic acids is 1. The van der Waals surface area contributed by atoms with Crippen LogP contribution in [0.3, 0.4) is 0 Å². The summed E-state index contributed by atoms with van der Waals surface area (Å²) >= 11 is 0. The van der Waals surface area contributed by atoms with E-state index in [0.29, 0.717) is 24.5 Å². The van der Waals surface area contributed by atoms with Crippen molar-refractivity contribution in [3.63, 3.8) is 0 Å². The molecule has 4 rings (SSSR count). The molecule has 1 unspecified atom stereocenters. The van der Waals surface area contributed by atoms with E-state index >= 15 is 0 Å². The molecule has 7 heteroatoms. The summed E-state index contributed by atoms with van der Waals surface area (Å²) in [6.07, 6.45) is 2.26. The molecule has 1 saturated heterocycles. The second kappa shape index (κ2) is 6.16. The fourth-order valence-electron chi connectivity index (χ4n) is 3.92. The van der Waals surface area contributed by atoms with Crippen LogP contribution in [0.5, 0.6) is 5.75 Å². The molecule has 1 aromatic heterocycles. The Labute approximate surface area is 151 Å². The predicted octanol–water partition coefficient (Wildman–Crippen LogP) is 2.41. The summed E-state index contributed by atoms with van der Waals surface area (Å²) in [5.41, 5.74) is 1.99. The molecule has 1 saturated carbocycles. The van der Waals surface area contributed by atoms with Crippen LogP contribution in [0.4, 0.5) is 0 Å². The first-order chi connectivity index (χ1) is 12.5. The van der Waals surface area contributed by atoms with Crippen molar-refractivity contribution in [2.75, 3.05) is 20.2 Å². The van der Waals surface area contributed by atoms with Gasteiger partial charge in [-0.2, -0.15) is 5.10 Å². The number of carbonyl (C=O) groups excluding carboxylic acids is 1. The lowest BCUT2D eigenvalue weighted by molar-refractivity contribution is -0.139. The van der Waals surface area contributed by atoms with Crippen LogP contribution in [0, 0.1) is 11.3 Å². The largest absolute Gasteiger partial charge is 0.497 e. The fraction of sp³-hybridized carbons (Fsp3) is 0.421. The SMILES string of the molecule is COc1ccc(-c2cc(C(=O)N3CCC4(CC3)CC4C(=O)O)[nH]n2)cc1. The maximum absolute atomic E-state index is 12.7. The van der Waals surface area contributed by atoms with E-state index < -0.39 is 5.97 Å². The van der Waals surface area contributed by atoms with Crippen LogP contribution >= 0.6 is 0 Å². The number of aliphatic carboxylic acids is 1. The van der Waals surface area contributed by atoms with Crippen molar-refractivity contribution in [3.8, 4) is 17.0 Å². The van der Waals surface area contributed by atoms with E-state index in [0.717, 1.165) is 30.6 Å². The van der Waals surface area contributed by atoms with Crippen molar-refractivity contribution >= 4 is 11.9 Å². The van der Waals surface area contributed by atoms with Gasteiger partial charge in [0.05, 0.1) is 18.7 Å². The molecule has 1 amide bonds. The molecule has 1 spiro atoms. The van der Waals surface area contributed by atoms with Gasteiger partial charge in [-0.05, 0) is 55.0 Å². The highest BCUT2D eigenvalue weighted by molar-refractivity contribution is 5.93. The Balaban J connectivity index is 1.41. The van der Waals surface area contributed by atoms with Crippen LogP contribution in [0.25, 0.3) is 11.3 Å². The number of ether oxygens (including phenoxy) is 1. The number of amides is 1. The first-order valence-corrected chi connectivity index (χ1v) is 8.74. The molecule has 1 aliphatic heterocycles. The van der Waals surface area contributed by atoms with Gasteiger partial charge >= 0.3 is 5.97 Å². The number of hydrogen-bond donors (Lipinski definition) is 2. The van der Waals surface area contributed by atoms with E-state index in [1.807, 2.05) is 24.3 Å². The number of benzene rings is 1. The lowest BCUT2D eigenvalue weighted by Gasteiger charge is -2.32. The summed E-state index contributed by atoms with van der Waals surface area (Å²) in [5, 5.41) is 16.2. The van der Waals surface area contributed by atoms with Gasteiger partial charge in [-0.25, -0.2) is 0 Å². The zero-order valence-corrected chi connectivity index (χ0v) is 14.6. The van der Waals surface area contributed by atoms with Crippen molar-refractivity contribution in [2.24, 2.45) is 11.3 Å². The molecule has 2 aromatic rings. The van der Waals surface area contributed by atoms with Crippen LogP contribution in [0.1, 0.15) is 29.8 Å². The maximum Gasteiger partial charge on any atom is 0.307 e. The average molecular weight is 355 g/mol. The second-order valence-electron chi connectivity index (χ2n) is 7.14. The number of carbonyl (C=O) groups is 2. The van der Waals surface area contributed by atoms with Gasteiger partial charge < -0.3 is 14.7 Å². The number of carboxylic acid groups (broad SMARTS) is 1. The summed E-state index contributed by atoms with van der Waals surface area (Å²) in [6.45, 7) is 1.19. The zero-order chi connectivity index (χ0) is 18.3. The third-order valence-corrected chi connectivity index (χ3v) is 5.73. The first-order valence-electron chi connectivity index (χ1n) is 8.74. The number of nitrogens with zero attached hydrogens (tertiary/aromatic N) is 2. The van der Waals surface area contributed by atoms with Crippen molar-refractivity contribution < 1.29 is 19.4 Å². The Bertz CT molecular complexity index is 835. The Morgan fingerprint density at radius 3 is 2.54 bits per heavy atom. The molecule has 1 aliphatic carbocycles. The minimum atomic E-state index is -0.706. The van der Waals surface area contributed by atoms with Gasteiger partial charge in [0.2, 0.25) is 0 Å². The van der Waals surface area contributed by atoms with E-state index in [1.54, 1.807) is 18.1 Å². The Kier molecular flexibility index (Phi) is 3.94. The molecule has 2 N–H and O–H groups in total. The lowest BCUT2D eigenvalue weighted by atomic mass is 9.90. The van der Waals surface area contributed by atoms with E-state index in [1.165, 1.54) is 0 Å². The van der Waals surface area contributed by atoms with E-state index in [9.17, 15) is 9.59 Å². The lowest BCUT2D eigenvalue weighted by Crippen LogP contribution is -2.40. The minimum absolute atomic E-state index is 0.0785. The number of nitrogens with one attached hydrogen (secondary N) is 1. The molecular weight excluding hydrogens is 334 g/mol. The van der Waals surface area contributed by atoms with Gasteiger partial charge in [0.25, 0.3) is 5.91 Å². The standard InChI is InChI=1S/C19H21N3O4/c1-26-13-4-2-12(3-5-13)15-10-16(21-20-15)17(23)22-8-6-19(7-9-22)11-14(19)18(24)25/h2-5,10,14H,6-9,11H2,1H3,(H,20,21)(H,24,25). The number of methoxy groups -OCH3 is 1. The molecule has 0 radical (unpaired) electrons. The normalized spacial score (nSPS) is 20.8. The summed E-state index contributed by atoms with van der Waals surface area (Å²) < 4.78 is 5.15. The number of hydrogen-bond acceptors (Lipinski definition) is 4. The molecule has 1 aromatic carbocycles. The van der Waals surface area contributed by atoms with Gasteiger partial charge in [-0.3, -0.25) is 14.7 Å². The highest BCUT2D eigenvalue weighted by Crippen LogP contribution is 2.59. The van der Waals surface area contributed by atoms with Gasteiger partial charge in [-0.15, -0.1) is 0 Å². The average Bonchev–Trinajstić information content (AvgIpc) is 3.15. The van der Waals surface area contributed by atoms with Crippen LogP contribution in [0.2, 0.25) is 0 Å². The monoisotopic (exact) mass is 355 g/mol. The van der Waals surface area contributed by atoms with E-state index in [2.05, 4.69) is 10.2 Å². The van der Waals surface area contributed by atoms with Gasteiger partial charge in [0.15, 0.2) is 0 Å². The smallest absolute Gasteiger partial charge is 0.307 e. The van der Waals surface area contributed by atoms with Crippen LogP contribution in [-0.2, 0) is 4.79 Å². The second-order valence-corrected chi connectivity index (χ2v) is 7.14. The highest BCUT2D eigenvalue weighted by Gasteiger charge is 2.59. The third-order valence-electron chi connectivity index (χ3n) is 5.73. The highest BCUT2D eigenvalue weighted by atomic mass is 16.5. The van der Waals surface area contributed by atoms with Crippen LogP contribution < -0.4 is 4.74 Å². The molecule has 2 fully saturated rings. The van der Waals surface area contributed by atoms with Gasteiger partial charge in [0, 0.05) is 18.7 Å². The van der Waals surface area contributed by atoms with E-state index in [-0.39, 0.29) is 17.2 Å². The summed E-state index contributed by atoms with van der Waals surface area (Å²) in [4.78, 5) is 25.6. The van der Waals surface area contributed by atoms with Gasteiger partial charge in [0.1, 0.15) is 11.4 Å². The zero-order valence-electron chi connectivity index (χ0n) is 14.6. The van der Waals surface area contributed by atoms with Crippen molar-refractivity contribution in [1.82, 2.24) is 15.1 Å². The van der Waals surface area contributed by atoms with Gasteiger partial charge in [-0.1, -0.05) is 0 Å². The molecule has 26 heavy (non-hydrogen) atoms. The minimum Gasteiger partial charge on any atom is -0.497 e. The number of aromatic amines is 1. The Morgan fingerprint density at radius 2 is 1.96 bits per heavy atom. The third kappa shape index (κ3) is 2.83. The maximum atomic E-state index is 12.7.